The summed E-state index contributed by atoms with van der Waals surface area (Å²) >= 11 is 12.0. The zero-order chi connectivity index (χ0) is 13.1. The molecule has 2 rings (SSSR count). The minimum atomic E-state index is -0.0516. The van der Waals surface area contributed by atoms with Crippen LogP contribution < -0.4 is 5.73 Å². The number of nitrogens with two attached hydrogens (primary N) is 1. The van der Waals surface area contributed by atoms with E-state index in [1.165, 1.54) is 5.56 Å². The number of benzene rings is 2. The van der Waals surface area contributed by atoms with Crippen molar-refractivity contribution in [1.29, 1.82) is 0 Å². The lowest BCUT2D eigenvalue weighted by Gasteiger charge is -2.13. The number of rotatable bonds is 3. The van der Waals surface area contributed by atoms with Crippen LogP contribution in [0, 0.1) is 6.92 Å². The molecule has 0 aliphatic heterocycles. The van der Waals surface area contributed by atoms with E-state index in [4.69, 9.17) is 28.9 Å². The minimum Gasteiger partial charge on any atom is -0.324 e. The minimum absolute atomic E-state index is 0.0516. The molecule has 0 aliphatic rings. The number of hydrogen-bond donors (Lipinski definition) is 1. The maximum absolute atomic E-state index is 6.19. The Morgan fingerprint density at radius 3 is 2.33 bits per heavy atom. The van der Waals surface area contributed by atoms with Crippen molar-refractivity contribution in [1.82, 2.24) is 0 Å². The average molecular weight is 280 g/mol. The SMILES string of the molecule is Cc1ccc(C(N)Cc2ccc(Cl)cc2)cc1Cl. The quantitative estimate of drug-likeness (QED) is 0.877. The van der Waals surface area contributed by atoms with Crippen molar-refractivity contribution < 1.29 is 0 Å². The molecule has 2 aromatic rings. The third-order valence-electron chi connectivity index (χ3n) is 2.99. The highest BCUT2D eigenvalue weighted by Gasteiger charge is 2.08. The maximum Gasteiger partial charge on any atom is 0.0438 e. The first-order valence-corrected chi connectivity index (χ1v) is 6.58. The molecule has 2 N–H and O–H groups in total. The summed E-state index contributed by atoms with van der Waals surface area (Å²) in [5.41, 5.74) is 9.49. The fourth-order valence-corrected chi connectivity index (χ4v) is 2.15. The van der Waals surface area contributed by atoms with Crippen LogP contribution in [0.5, 0.6) is 0 Å². The third-order valence-corrected chi connectivity index (χ3v) is 3.65. The largest absolute Gasteiger partial charge is 0.324 e. The Bertz CT molecular complexity index is 535. The first-order valence-electron chi connectivity index (χ1n) is 5.82. The van der Waals surface area contributed by atoms with Crippen LogP contribution in [-0.2, 0) is 6.42 Å². The van der Waals surface area contributed by atoms with Crippen molar-refractivity contribution in [2.75, 3.05) is 0 Å². The molecular formula is C15H15Cl2N. The van der Waals surface area contributed by atoms with Crippen molar-refractivity contribution >= 4 is 23.2 Å². The second kappa shape index (κ2) is 5.75. The molecule has 0 heterocycles. The Balaban J connectivity index is 2.13. The fourth-order valence-electron chi connectivity index (χ4n) is 1.83. The van der Waals surface area contributed by atoms with Gasteiger partial charge in [-0.2, -0.15) is 0 Å². The molecule has 2 aromatic carbocycles. The first-order chi connectivity index (χ1) is 8.56. The standard InChI is InChI=1S/C15H15Cl2N/c1-10-2-5-12(9-14(10)17)15(18)8-11-3-6-13(16)7-4-11/h2-7,9,15H,8,18H2,1H3. The topological polar surface area (TPSA) is 26.0 Å². The van der Waals surface area contributed by atoms with Crippen LogP contribution in [-0.4, -0.2) is 0 Å². The van der Waals surface area contributed by atoms with E-state index >= 15 is 0 Å². The van der Waals surface area contributed by atoms with Gasteiger partial charge in [-0.3, -0.25) is 0 Å². The Kier molecular flexibility index (Phi) is 4.28. The van der Waals surface area contributed by atoms with E-state index in [9.17, 15) is 0 Å². The van der Waals surface area contributed by atoms with Gasteiger partial charge in [-0.1, -0.05) is 47.5 Å². The second-order valence-corrected chi connectivity index (χ2v) is 5.29. The first kappa shape index (κ1) is 13.4. The lowest BCUT2D eigenvalue weighted by atomic mass is 9.99. The van der Waals surface area contributed by atoms with Crippen LogP contribution in [0.2, 0.25) is 10.0 Å². The molecule has 0 saturated carbocycles. The summed E-state index contributed by atoms with van der Waals surface area (Å²) < 4.78 is 0. The van der Waals surface area contributed by atoms with E-state index in [1.807, 2.05) is 49.4 Å². The molecule has 0 aliphatic carbocycles. The summed E-state index contributed by atoms with van der Waals surface area (Å²) in [7, 11) is 0. The zero-order valence-electron chi connectivity index (χ0n) is 10.2. The summed E-state index contributed by atoms with van der Waals surface area (Å²) in [6, 6.07) is 13.7. The van der Waals surface area contributed by atoms with Crippen molar-refractivity contribution in [2.24, 2.45) is 5.73 Å². The van der Waals surface area contributed by atoms with Crippen LogP contribution in [0.1, 0.15) is 22.7 Å². The van der Waals surface area contributed by atoms with E-state index < -0.39 is 0 Å². The molecule has 18 heavy (non-hydrogen) atoms. The van der Waals surface area contributed by atoms with Gasteiger partial charge in [0.05, 0.1) is 0 Å². The molecule has 0 amide bonds. The Morgan fingerprint density at radius 1 is 1.06 bits per heavy atom. The molecule has 3 heteroatoms. The molecule has 0 saturated heterocycles. The predicted octanol–water partition coefficient (Wildman–Crippen LogP) is 4.54. The van der Waals surface area contributed by atoms with Gasteiger partial charge in [-0.25, -0.2) is 0 Å². The average Bonchev–Trinajstić information content (AvgIpc) is 2.35. The lowest BCUT2D eigenvalue weighted by Crippen LogP contribution is -2.13. The lowest BCUT2D eigenvalue weighted by molar-refractivity contribution is 0.722. The molecular weight excluding hydrogens is 265 g/mol. The van der Waals surface area contributed by atoms with Crippen LogP contribution in [0.15, 0.2) is 42.5 Å². The zero-order valence-corrected chi connectivity index (χ0v) is 11.7. The highest BCUT2D eigenvalue weighted by molar-refractivity contribution is 6.31. The van der Waals surface area contributed by atoms with Gasteiger partial charge in [0.25, 0.3) is 0 Å². The van der Waals surface area contributed by atoms with Crippen molar-refractivity contribution in [3.63, 3.8) is 0 Å². The molecule has 0 spiro atoms. The molecule has 1 nitrogen and oxygen atoms in total. The summed E-state index contributed by atoms with van der Waals surface area (Å²) in [5, 5.41) is 1.50. The Labute approximate surface area is 118 Å². The summed E-state index contributed by atoms with van der Waals surface area (Å²) in [6.07, 6.45) is 0.774. The van der Waals surface area contributed by atoms with Gasteiger partial charge in [-0.15, -0.1) is 0 Å². The Morgan fingerprint density at radius 2 is 1.72 bits per heavy atom. The second-order valence-electron chi connectivity index (χ2n) is 4.45. The summed E-state index contributed by atoms with van der Waals surface area (Å²) in [6.45, 7) is 1.98. The highest BCUT2D eigenvalue weighted by atomic mass is 35.5. The number of hydrogen-bond acceptors (Lipinski definition) is 1. The Hall–Kier alpha value is -1.02. The van der Waals surface area contributed by atoms with Crippen LogP contribution >= 0.6 is 23.2 Å². The summed E-state index contributed by atoms with van der Waals surface area (Å²) in [4.78, 5) is 0. The van der Waals surface area contributed by atoms with Gasteiger partial charge in [0.15, 0.2) is 0 Å². The van der Waals surface area contributed by atoms with Crippen molar-refractivity contribution in [2.45, 2.75) is 19.4 Å². The normalized spacial score (nSPS) is 12.4. The van der Waals surface area contributed by atoms with E-state index in [0.29, 0.717) is 0 Å². The number of aryl methyl sites for hydroxylation is 1. The van der Waals surface area contributed by atoms with E-state index in [0.717, 1.165) is 27.6 Å². The van der Waals surface area contributed by atoms with Crippen LogP contribution in [0.4, 0.5) is 0 Å². The van der Waals surface area contributed by atoms with Gasteiger partial charge in [0.1, 0.15) is 0 Å². The summed E-state index contributed by atoms with van der Waals surface area (Å²) in [5.74, 6) is 0. The molecule has 0 fully saturated rings. The van der Waals surface area contributed by atoms with Crippen LogP contribution in [0.3, 0.4) is 0 Å². The van der Waals surface area contributed by atoms with E-state index in [-0.39, 0.29) is 6.04 Å². The molecule has 1 unspecified atom stereocenters. The molecule has 94 valence electrons. The van der Waals surface area contributed by atoms with E-state index in [2.05, 4.69) is 0 Å². The molecule has 0 bridgehead atoms. The number of halogens is 2. The van der Waals surface area contributed by atoms with Gasteiger partial charge in [0.2, 0.25) is 0 Å². The highest BCUT2D eigenvalue weighted by Crippen LogP contribution is 2.23. The smallest absolute Gasteiger partial charge is 0.0438 e. The fraction of sp³-hybridized carbons (Fsp3) is 0.200. The molecule has 0 aromatic heterocycles. The van der Waals surface area contributed by atoms with E-state index in [1.54, 1.807) is 0 Å². The van der Waals surface area contributed by atoms with Gasteiger partial charge < -0.3 is 5.73 Å². The maximum atomic E-state index is 6.19. The molecule has 1 atom stereocenters. The van der Waals surface area contributed by atoms with Gasteiger partial charge in [0, 0.05) is 16.1 Å². The van der Waals surface area contributed by atoms with Gasteiger partial charge >= 0.3 is 0 Å². The van der Waals surface area contributed by atoms with Crippen molar-refractivity contribution in [3.8, 4) is 0 Å². The monoisotopic (exact) mass is 279 g/mol. The predicted molar refractivity (Wildman–Crippen MR) is 78.3 cm³/mol. The molecule has 0 radical (unpaired) electrons. The van der Waals surface area contributed by atoms with Crippen molar-refractivity contribution in [3.05, 3.63) is 69.2 Å². The van der Waals surface area contributed by atoms with Crippen LogP contribution in [0.25, 0.3) is 0 Å². The third kappa shape index (κ3) is 3.26. The van der Waals surface area contributed by atoms with Gasteiger partial charge in [-0.05, 0) is 48.2 Å².